The van der Waals surface area contributed by atoms with Crippen molar-refractivity contribution in [2.75, 3.05) is 0 Å². The summed E-state index contributed by atoms with van der Waals surface area (Å²) in [4.78, 5) is 4.69. The van der Waals surface area contributed by atoms with E-state index >= 15 is 0 Å². The second-order valence-corrected chi connectivity index (χ2v) is 5.15. The lowest BCUT2D eigenvalue weighted by Gasteiger charge is -2.13. The van der Waals surface area contributed by atoms with E-state index in [1.807, 2.05) is 54.6 Å². The minimum Gasteiger partial charge on any atom is -0.618 e. The third kappa shape index (κ3) is 2.01. The first-order valence-electron chi connectivity index (χ1n) is 6.76. The SMILES string of the molecule is CC(C)c1nc2ccccc2[n+]([O-])c1-c1ccccc1. The van der Waals surface area contributed by atoms with Gasteiger partial charge in [0.15, 0.2) is 0 Å². The van der Waals surface area contributed by atoms with Gasteiger partial charge in [0.25, 0.3) is 0 Å². The van der Waals surface area contributed by atoms with E-state index in [0.29, 0.717) is 11.2 Å². The molecule has 3 heteroatoms. The van der Waals surface area contributed by atoms with Gasteiger partial charge in [0.1, 0.15) is 11.2 Å². The third-order valence-corrected chi connectivity index (χ3v) is 3.38. The molecule has 2 aromatic carbocycles. The van der Waals surface area contributed by atoms with E-state index in [1.165, 1.54) is 0 Å². The second kappa shape index (κ2) is 4.93. The quantitative estimate of drug-likeness (QED) is 0.523. The van der Waals surface area contributed by atoms with E-state index in [1.54, 1.807) is 0 Å². The molecule has 0 aliphatic heterocycles. The molecule has 0 bridgehead atoms. The molecule has 0 aliphatic rings. The predicted octanol–water partition coefficient (Wildman–Crippen LogP) is 3.66. The number of aromatic nitrogens is 2. The molecular weight excluding hydrogens is 248 g/mol. The Kier molecular flexibility index (Phi) is 3.11. The van der Waals surface area contributed by atoms with Crippen molar-refractivity contribution in [1.82, 2.24) is 4.98 Å². The van der Waals surface area contributed by atoms with Gasteiger partial charge in [0.2, 0.25) is 11.2 Å². The first kappa shape index (κ1) is 12.6. The fraction of sp³-hybridized carbons (Fsp3) is 0.176. The van der Waals surface area contributed by atoms with Crippen molar-refractivity contribution in [1.29, 1.82) is 0 Å². The Bertz CT molecular complexity index is 752. The molecule has 100 valence electrons. The summed E-state index contributed by atoms with van der Waals surface area (Å²) in [5.41, 5.74) is 3.75. The van der Waals surface area contributed by atoms with E-state index in [4.69, 9.17) is 4.98 Å². The average molecular weight is 264 g/mol. The topological polar surface area (TPSA) is 39.8 Å². The van der Waals surface area contributed by atoms with E-state index < -0.39 is 0 Å². The number of benzene rings is 2. The van der Waals surface area contributed by atoms with Crippen molar-refractivity contribution in [3.63, 3.8) is 0 Å². The van der Waals surface area contributed by atoms with Gasteiger partial charge in [-0.25, -0.2) is 4.98 Å². The van der Waals surface area contributed by atoms with Crippen LogP contribution in [-0.2, 0) is 0 Å². The van der Waals surface area contributed by atoms with Crippen molar-refractivity contribution >= 4 is 11.0 Å². The summed E-state index contributed by atoms with van der Waals surface area (Å²) in [7, 11) is 0. The molecule has 0 radical (unpaired) electrons. The Morgan fingerprint density at radius 1 is 0.950 bits per heavy atom. The van der Waals surface area contributed by atoms with Gasteiger partial charge in [-0.2, -0.15) is 4.73 Å². The number of rotatable bonds is 2. The molecule has 0 fully saturated rings. The van der Waals surface area contributed by atoms with Crippen LogP contribution in [0, 0.1) is 5.21 Å². The Hall–Kier alpha value is -2.42. The van der Waals surface area contributed by atoms with Crippen LogP contribution in [0.3, 0.4) is 0 Å². The summed E-state index contributed by atoms with van der Waals surface area (Å²) in [5.74, 6) is 0.190. The molecule has 0 aliphatic carbocycles. The zero-order valence-corrected chi connectivity index (χ0v) is 11.6. The van der Waals surface area contributed by atoms with Crippen molar-refractivity contribution in [2.24, 2.45) is 0 Å². The molecule has 0 amide bonds. The molecule has 0 unspecified atom stereocenters. The first-order chi connectivity index (χ1) is 9.68. The number of hydrogen-bond acceptors (Lipinski definition) is 2. The average Bonchev–Trinajstić information content (AvgIpc) is 2.48. The lowest BCUT2D eigenvalue weighted by molar-refractivity contribution is -0.565. The molecule has 0 N–H and O–H groups in total. The van der Waals surface area contributed by atoms with E-state index in [-0.39, 0.29) is 5.92 Å². The Balaban J connectivity index is 2.39. The van der Waals surface area contributed by atoms with Crippen molar-refractivity contribution in [2.45, 2.75) is 19.8 Å². The van der Waals surface area contributed by atoms with Gasteiger partial charge in [-0.1, -0.05) is 44.2 Å². The van der Waals surface area contributed by atoms with Crippen LogP contribution in [0.4, 0.5) is 0 Å². The molecule has 1 heterocycles. The maximum Gasteiger partial charge on any atom is 0.246 e. The molecule has 3 aromatic rings. The normalized spacial score (nSPS) is 11.2. The molecule has 1 aromatic heterocycles. The van der Waals surface area contributed by atoms with Crippen LogP contribution in [0.2, 0.25) is 0 Å². The molecule has 0 saturated carbocycles. The monoisotopic (exact) mass is 264 g/mol. The molecule has 0 atom stereocenters. The molecular formula is C17H16N2O. The van der Waals surface area contributed by atoms with Crippen LogP contribution < -0.4 is 4.73 Å². The minimum atomic E-state index is 0.190. The second-order valence-electron chi connectivity index (χ2n) is 5.15. The van der Waals surface area contributed by atoms with Gasteiger partial charge >= 0.3 is 0 Å². The summed E-state index contributed by atoms with van der Waals surface area (Å²) in [6, 6.07) is 17.2. The van der Waals surface area contributed by atoms with E-state index in [2.05, 4.69) is 13.8 Å². The predicted molar refractivity (Wildman–Crippen MR) is 80.2 cm³/mol. The van der Waals surface area contributed by atoms with Gasteiger partial charge in [0.05, 0.1) is 0 Å². The largest absolute Gasteiger partial charge is 0.618 e. The highest BCUT2D eigenvalue weighted by Crippen LogP contribution is 2.26. The zero-order valence-electron chi connectivity index (χ0n) is 11.6. The van der Waals surface area contributed by atoms with Crippen molar-refractivity contribution in [3.05, 3.63) is 65.5 Å². The molecule has 20 heavy (non-hydrogen) atoms. The van der Waals surface area contributed by atoms with Crippen LogP contribution >= 0.6 is 0 Å². The highest BCUT2D eigenvalue weighted by Gasteiger charge is 2.22. The van der Waals surface area contributed by atoms with Crippen LogP contribution in [0.5, 0.6) is 0 Å². The lowest BCUT2D eigenvalue weighted by atomic mass is 10.0. The fourth-order valence-electron chi connectivity index (χ4n) is 2.40. The number of fused-ring (bicyclic) bond motifs is 1. The fourth-order valence-corrected chi connectivity index (χ4v) is 2.40. The van der Waals surface area contributed by atoms with E-state index in [9.17, 15) is 5.21 Å². The highest BCUT2D eigenvalue weighted by molar-refractivity contribution is 5.74. The Morgan fingerprint density at radius 2 is 1.60 bits per heavy atom. The van der Waals surface area contributed by atoms with Gasteiger partial charge in [-0.05, 0) is 18.2 Å². The smallest absolute Gasteiger partial charge is 0.246 e. The Morgan fingerprint density at radius 3 is 2.30 bits per heavy atom. The van der Waals surface area contributed by atoms with Gasteiger partial charge < -0.3 is 5.21 Å². The maximum atomic E-state index is 12.7. The summed E-state index contributed by atoms with van der Waals surface area (Å²) in [6.45, 7) is 4.12. The standard InChI is InChI=1S/C17H16N2O/c1-12(2)16-17(13-8-4-3-5-9-13)19(20)15-11-7-6-10-14(15)18-16/h3-12H,1-2H3. The zero-order chi connectivity index (χ0) is 14.1. The van der Waals surface area contributed by atoms with E-state index in [0.717, 1.165) is 21.5 Å². The van der Waals surface area contributed by atoms with Gasteiger partial charge in [-0.3, -0.25) is 0 Å². The summed E-state index contributed by atoms with van der Waals surface area (Å²) >= 11 is 0. The van der Waals surface area contributed by atoms with Crippen LogP contribution in [0.25, 0.3) is 22.3 Å². The summed E-state index contributed by atoms with van der Waals surface area (Å²) < 4.78 is 1.01. The molecule has 3 rings (SSSR count). The number of hydrogen-bond donors (Lipinski definition) is 0. The molecule has 0 spiro atoms. The number of nitrogens with zero attached hydrogens (tertiary/aromatic N) is 2. The maximum absolute atomic E-state index is 12.7. The van der Waals surface area contributed by atoms with Crippen LogP contribution in [-0.4, -0.2) is 4.98 Å². The van der Waals surface area contributed by atoms with Gasteiger partial charge in [0, 0.05) is 17.5 Å². The third-order valence-electron chi connectivity index (χ3n) is 3.38. The molecule has 0 saturated heterocycles. The van der Waals surface area contributed by atoms with Crippen LogP contribution in [0.1, 0.15) is 25.5 Å². The van der Waals surface area contributed by atoms with Crippen molar-refractivity contribution in [3.8, 4) is 11.3 Å². The molecule has 3 nitrogen and oxygen atoms in total. The lowest BCUT2D eigenvalue weighted by Crippen LogP contribution is -2.32. The minimum absolute atomic E-state index is 0.190. The summed E-state index contributed by atoms with van der Waals surface area (Å²) in [5, 5.41) is 12.7. The Labute approximate surface area is 118 Å². The summed E-state index contributed by atoms with van der Waals surface area (Å²) in [6.07, 6.45) is 0. The van der Waals surface area contributed by atoms with Gasteiger partial charge in [-0.15, -0.1) is 0 Å². The first-order valence-corrected chi connectivity index (χ1v) is 6.76. The number of para-hydroxylation sites is 2. The highest BCUT2D eigenvalue weighted by atomic mass is 16.5. The van der Waals surface area contributed by atoms with Crippen molar-refractivity contribution < 1.29 is 4.73 Å². The van der Waals surface area contributed by atoms with Crippen LogP contribution in [0.15, 0.2) is 54.6 Å².